The summed E-state index contributed by atoms with van der Waals surface area (Å²) in [7, 11) is 1.72. The van der Waals surface area contributed by atoms with Crippen LogP contribution in [0.5, 0.6) is 0 Å². The van der Waals surface area contributed by atoms with Crippen molar-refractivity contribution in [1.29, 1.82) is 0 Å². The number of para-hydroxylation sites is 1. The maximum absolute atomic E-state index is 13.1. The van der Waals surface area contributed by atoms with Gasteiger partial charge in [0.05, 0.1) is 12.8 Å². The number of piperidine rings is 1. The molecule has 1 aliphatic heterocycles. The van der Waals surface area contributed by atoms with E-state index < -0.39 is 0 Å². The molecule has 3 rings (SSSR count). The minimum absolute atomic E-state index is 0.0486. The highest BCUT2D eigenvalue weighted by atomic mass is 32.2. The van der Waals surface area contributed by atoms with Crippen LogP contribution in [0.2, 0.25) is 0 Å². The number of carbonyl (C=O) groups excluding carboxylic acids is 1. The van der Waals surface area contributed by atoms with Gasteiger partial charge in [-0.15, -0.1) is 0 Å². The third kappa shape index (κ3) is 3.49. The number of methoxy groups -OCH3 is 1. The summed E-state index contributed by atoms with van der Waals surface area (Å²) in [6.45, 7) is 2.26. The monoisotopic (exact) mass is 345 g/mol. The number of nitrogens with zero attached hydrogens (tertiary/aromatic N) is 3. The zero-order chi connectivity index (χ0) is 16.9. The summed E-state index contributed by atoms with van der Waals surface area (Å²) in [6, 6.07) is 9.93. The van der Waals surface area contributed by atoms with Gasteiger partial charge in [0.2, 0.25) is 0 Å². The van der Waals surface area contributed by atoms with Crippen LogP contribution < -0.4 is 0 Å². The van der Waals surface area contributed by atoms with E-state index in [1.807, 2.05) is 46.1 Å². The van der Waals surface area contributed by atoms with Crippen LogP contribution in [0.4, 0.5) is 0 Å². The lowest BCUT2D eigenvalue weighted by Crippen LogP contribution is -2.41. The Morgan fingerprint density at radius 3 is 2.88 bits per heavy atom. The van der Waals surface area contributed by atoms with Crippen LogP contribution >= 0.6 is 11.8 Å². The lowest BCUT2D eigenvalue weighted by atomic mass is 9.99. The van der Waals surface area contributed by atoms with E-state index in [0.717, 1.165) is 36.8 Å². The smallest absolute Gasteiger partial charge is 0.272 e. The zero-order valence-electron chi connectivity index (χ0n) is 14.1. The molecule has 1 aliphatic rings. The summed E-state index contributed by atoms with van der Waals surface area (Å²) in [5, 5.41) is 0.829. The van der Waals surface area contributed by atoms with Crippen LogP contribution in [0.15, 0.2) is 41.7 Å². The van der Waals surface area contributed by atoms with E-state index in [1.165, 1.54) is 0 Å². The van der Waals surface area contributed by atoms with Gasteiger partial charge < -0.3 is 9.64 Å². The predicted molar refractivity (Wildman–Crippen MR) is 95.8 cm³/mol. The van der Waals surface area contributed by atoms with E-state index in [0.29, 0.717) is 18.2 Å². The highest BCUT2D eigenvalue weighted by Crippen LogP contribution is 2.24. The quantitative estimate of drug-likeness (QED) is 0.781. The minimum Gasteiger partial charge on any atom is -0.384 e. The van der Waals surface area contributed by atoms with E-state index in [2.05, 4.69) is 4.98 Å². The second-order valence-corrected chi connectivity index (χ2v) is 6.79. The van der Waals surface area contributed by atoms with E-state index in [1.54, 1.807) is 25.1 Å². The molecule has 2 aromatic rings. The Morgan fingerprint density at radius 1 is 1.38 bits per heavy atom. The fraction of sp³-hybridized carbons (Fsp3) is 0.444. The lowest BCUT2D eigenvalue weighted by molar-refractivity contribution is 0.0563. The molecule has 0 N–H and O–H groups in total. The Morgan fingerprint density at radius 2 is 2.17 bits per heavy atom. The summed E-state index contributed by atoms with van der Waals surface area (Å²) in [6.07, 6.45) is 5.81. The van der Waals surface area contributed by atoms with Crippen molar-refractivity contribution in [2.45, 2.75) is 18.0 Å². The van der Waals surface area contributed by atoms with Crippen LogP contribution in [0.25, 0.3) is 5.69 Å². The summed E-state index contributed by atoms with van der Waals surface area (Å²) in [5.41, 5.74) is 1.59. The van der Waals surface area contributed by atoms with Gasteiger partial charge in [-0.05, 0) is 37.1 Å². The van der Waals surface area contributed by atoms with Gasteiger partial charge in [0.1, 0.15) is 5.69 Å². The maximum atomic E-state index is 13.1. The number of rotatable bonds is 5. The summed E-state index contributed by atoms with van der Waals surface area (Å²) in [5.74, 6) is 0.466. The molecule has 1 fully saturated rings. The van der Waals surface area contributed by atoms with Crippen molar-refractivity contribution in [3.05, 3.63) is 42.2 Å². The topological polar surface area (TPSA) is 47.4 Å². The molecular weight excluding hydrogens is 322 g/mol. The van der Waals surface area contributed by atoms with Crippen molar-refractivity contribution in [1.82, 2.24) is 14.5 Å². The molecule has 0 unspecified atom stereocenters. The molecule has 1 aromatic carbocycles. The van der Waals surface area contributed by atoms with Crippen LogP contribution in [-0.2, 0) is 4.74 Å². The molecule has 24 heavy (non-hydrogen) atoms. The Hall–Kier alpha value is -1.79. The molecule has 0 saturated carbocycles. The molecule has 1 saturated heterocycles. The average Bonchev–Trinajstić information content (AvgIpc) is 3.06. The molecule has 6 heteroatoms. The average molecular weight is 345 g/mol. The molecule has 128 valence electrons. The fourth-order valence-corrected chi connectivity index (χ4v) is 3.78. The first-order valence-corrected chi connectivity index (χ1v) is 9.42. The lowest BCUT2D eigenvalue weighted by Gasteiger charge is -2.32. The van der Waals surface area contributed by atoms with E-state index in [-0.39, 0.29) is 5.91 Å². The first-order valence-electron chi connectivity index (χ1n) is 8.20. The van der Waals surface area contributed by atoms with Crippen molar-refractivity contribution < 1.29 is 9.53 Å². The summed E-state index contributed by atoms with van der Waals surface area (Å²) in [4.78, 5) is 19.5. The maximum Gasteiger partial charge on any atom is 0.272 e. The number of amides is 1. The van der Waals surface area contributed by atoms with Gasteiger partial charge in [-0.3, -0.25) is 9.36 Å². The molecule has 0 aliphatic carbocycles. The van der Waals surface area contributed by atoms with Gasteiger partial charge in [-0.1, -0.05) is 30.0 Å². The van der Waals surface area contributed by atoms with Gasteiger partial charge in [-0.25, -0.2) is 4.98 Å². The first kappa shape index (κ1) is 17.0. The van der Waals surface area contributed by atoms with E-state index in [9.17, 15) is 4.79 Å². The number of hydrogen-bond donors (Lipinski definition) is 0. The van der Waals surface area contributed by atoms with Crippen LogP contribution in [0.3, 0.4) is 0 Å². The molecular formula is C18H23N3O2S. The molecule has 5 nitrogen and oxygen atoms in total. The van der Waals surface area contributed by atoms with Crippen molar-refractivity contribution in [2.24, 2.45) is 5.92 Å². The van der Waals surface area contributed by atoms with Gasteiger partial charge >= 0.3 is 0 Å². The normalized spacial score (nSPS) is 17.9. The SMILES string of the molecule is COC[C@H]1CCCN(C(=O)c2cnc(SC)n2-c2ccccc2)C1. The van der Waals surface area contributed by atoms with Crippen LogP contribution in [0, 0.1) is 5.92 Å². The molecule has 2 heterocycles. The number of aromatic nitrogens is 2. The van der Waals surface area contributed by atoms with Crippen molar-refractivity contribution in [3.8, 4) is 5.69 Å². The van der Waals surface area contributed by atoms with Crippen molar-refractivity contribution >= 4 is 17.7 Å². The molecule has 0 radical (unpaired) electrons. The van der Waals surface area contributed by atoms with Gasteiger partial charge in [0.15, 0.2) is 5.16 Å². The number of likely N-dealkylation sites (tertiary alicyclic amines) is 1. The Balaban J connectivity index is 1.89. The second kappa shape index (κ2) is 7.85. The molecule has 0 bridgehead atoms. The fourth-order valence-electron chi connectivity index (χ4n) is 3.24. The highest BCUT2D eigenvalue weighted by Gasteiger charge is 2.27. The second-order valence-electron chi connectivity index (χ2n) is 6.02. The molecule has 0 spiro atoms. The van der Waals surface area contributed by atoms with Crippen molar-refractivity contribution in [2.75, 3.05) is 33.1 Å². The van der Waals surface area contributed by atoms with E-state index >= 15 is 0 Å². The third-order valence-corrected chi connectivity index (χ3v) is 5.01. The standard InChI is InChI=1S/C18H23N3O2S/c1-23-13-14-7-6-10-20(12-14)17(22)16-11-19-18(24-2)21(16)15-8-4-3-5-9-15/h3-5,8-9,11,14H,6-7,10,12-13H2,1-2H3/t14-/m0/s1. The Bertz CT molecular complexity index is 685. The molecule has 1 amide bonds. The minimum atomic E-state index is 0.0486. The van der Waals surface area contributed by atoms with Crippen molar-refractivity contribution in [3.63, 3.8) is 0 Å². The number of hydrogen-bond acceptors (Lipinski definition) is 4. The Kier molecular flexibility index (Phi) is 5.58. The predicted octanol–water partition coefficient (Wildman–Crippen LogP) is 3.09. The number of benzene rings is 1. The number of thioether (sulfide) groups is 1. The third-order valence-electron chi connectivity index (χ3n) is 4.35. The van der Waals surface area contributed by atoms with Gasteiger partial charge in [-0.2, -0.15) is 0 Å². The number of imidazole rings is 1. The Labute approximate surface area is 147 Å². The van der Waals surface area contributed by atoms with Gasteiger partial charge in [0, 0.05) is 25.9 Å². The zero-order valence-corrected chi connectivity index (χ0v) is 15.0. The number of carbonyl (C=O) groups is 1. The van der Waals surface area contributed by atoms with Gasteiger partial charge in [0.25, 0.3) is 5.91 Å². The largest absolute Gasteiger partial charge is 0.384 e. The summed E-state index contributed by atoms with van der Waals surface area (Å²) >= 11 is 1.54. The molecule has 1 atom stereocenters. The summed E-state index contributed by atoms with van der Waals surface area (Å²) < 4.78 is 7.22. The van der Waals surface area contributed by atoms with Crippen LogP contribution in [0.1, 0.15) is 23.3 Å². The van der Waals surface area contributed by atoms with Crippen LogP contribution in [-0.4, -0.2) is 53.4 Å². The van der Waals surface area contributed by atoms with E-state index in [4.69, 9.17) is 4.74 Å². The number of ether oxygens (including phenoxy) is 1. The molecule has 1 aromatic heterocycles. The highest BCUT2D eigenvalue weighted by molar-refractivity contribution is 7.98. The first-order chi connectivity index (χ1) is 11.7.